The lowest BCUT2D eigenvalue weighted by molar-refractivity contribution is 0.338. The van der Waals surface area contributed by atoms with Crippen LogP contribution in [0.1, 0.15) is 24.8 Å². The average Bonchev–Trinajstić information content (AvgIpc) is 2.16. The topological polar surface area (TPSA) is 34.1 Å². The van der Waals surface area contributed by atoms with E-state index in [0.29, 0.717) is 5.88 Å². The molecular weight excluding hydrogens is 176 g/mol. The van der Waals surface area contributed by atoms with Crippen molar-refractivity contribution in [1.29, 1.82) is 0 Å². The van der Waals surface area contributed by atoms with Gasteiger partial charge >= 0.3 is 0 Å². The van der Waals surface area contributed by atoms with Gasteiger partial charge in [-0.05, 0) is 18.4 Å². The molecule has 2 rings (SSSR count). The van der Waals surface area contributed by atoms with Crippen LogP contribution in [0.2, 0.25) is 0 Å². The van der Waals surface area contributed by atoms with Gasteiger partial charge in [-0.1, -0.05) is 12.5 Å². The summed E-state index contributed by atoms with van der Waals surface area (Å²) < 4.78 is 5.00. The predicted molar refractivity (Wildman–Crippen MR) is 55.3 cm³/mol. The van der Waals surface area contributed by atoms with Crippen LogP contribution in [0, 0.1) is 0 Å². The Hall–Kier alpha value is -1.09. The van der Waals surface area contributed by atoms with Crippen molar-refractivity contribution in [2.75, 3.05) is 7.11 Å². The third kappa shape index (κ3) is 2.23. The molecule has 0 atom stereocenters. The normalized spacial score (nSPS) is 16.4. The van der Waals surface area contributed by atoms with E-state index in [1.54, 1.807) is 7.11 Å². The van der Waals surface area contributed by atoms with Gasteiger partial charge in [0.15, 0.2) is 0 Å². The molecule has 0 spiro atoms. The van der Waals surface area contributed by atoms with E-state index >= 15 is 0 Å². The Morgan fingerprint density at radius 1 is 1.50 bits per heavy atom. The van der Waals surface area contributed by atoms with Gasteiger partial charge in [0.25, 0.3) is 0 Å². The molecule has 1 aromatic rings. The van der Waals surface area contributed by atoms with Crippen LogP contribution in [0.15, 0.2) is 18.3 Å². The third-order valence-corrected chi connectivity index (χ3v) is 2.71. The van der Waals surface area contributed by atoms with E-state index in [4.69, 9.17) is 4.74 Å². The van der Waals surface area contributed by atoms with Gasteiger partial charge in [-0.25, -0.2) is 4.98 Å². The molecule has 0 aromatic carbocycles. The molecule has 1 saturated carbocycles. The van der Waals surface area contributed by atoms with Gasteiger partial charge < -0.3 is 10.1 Å². The first-order valence-corrected chi connectivity index (χ1v) is 5.11. The molecule has 1 aromatic heterocycles. The maximum absolute atomic E-state index is 5.00. The van der Waals surface area contributed by atoms with E-state index in [9.17, 15) is 0 Å². The number of nitrogens with one attached hydrogen (secondary N) is 1. The lowest BCUT2D eigenvalue weighted by atomic mass is 9.93. The maximum atomic E-state index is 5.00. The summed E-state index contributed by atoms with van der Waals surface area (Å²) in [5, 5.41) is 3.49. The number of methoxy groups -OCH3 is 1. The second kappa shape index (κ2) is 4.42. The average molecular weight is 192 g/mol. The summed E-state index contributed by atoms with van der Waals surface area (Å²) >= 11 is 0. The number of pyridine rings is 1. The molecule has 1 N–H and O–H groups in total. The third-order valence-electron chi connectivity index (χ3n) is 2.71. The van der Waals surface area contributed by atoms with E-state index in [0.717, 1.165) is 12.6 Å². The standard InChI is InChI=1S/C11H16N2O/c1-14-11-6-5-9(8-13-11)7-12-10-3-2-4-10/h5-6,8,10,12H,2-4,7H2,1H3. The summed E-state index contributed by atoms with van der Waals surface area (Å²) in [6, 6.07) is 4.69. The monoisotopic (exact) mass is 192 g/mol. The molecule has 0 radical (unpaired) electrons. The lowest BCUT2D eigenvalue weighted by Gasteiger charge is -2.26. The summed E-state index contributed by atoms with van der Waals surface area (Å²) in [7, 11) is 1.63. The van der Waals surface area contributed by atoms with Crippen LogP contribution in [0.4, 0.5) is 0 Å². The molecule has 1 fully saturated rings. The number of ether oxygens (including phenoxy) is 1. The fourth-order valence-corrected chi connectivity index (χ4v) is 1.51. The Balaban J connectivity index is 1.83. The molecular formula is C11H16N2O. The Morgan fingerprint density at radius 3 is 2.86 bits per heavy atom. The Morgan fingerprint density at radius 2 is 2.36 bits per heavy atom. The second-order valence-corrected chi connectivity index (χ2v) is 3.72. The molecule has 0 unspecified atom stereocenters. The first-order chi connectivity index (χ1) is 6.88. The largest absolute Gasteiger partial charge is 0.481 e. The molecule has 0 bridgehead atoms. The number of hydrogen-bond donors (Lipinski definition) is 1. The molecule has 0 amide bonds. The lowest BCUT2D eigenvalue weighted by Crippen LogP contribution is -2.34. The quantitative estimate of drug-likeness (QED) is 0.789. The molecule has 0 aliphatic heterocycles. The number of aromatic nitrogens is 1. The highest BCUT2D eigenvalue weighted by Gasteiger charge is 2.15. The Labute approximate surface area is 84.5 Å². The predicted octanol–water partition coefficient (Wildman–Crippen LogP) is 1.73. The Bertz CT molecular complexity index is 280. The minimum absolute atomic E-state index is 0.678. The first-order valence-electron chi connectivity index (χ1n) is 5.11. The molecule has 76 valence electrons. The fourth-order valence-electron chi connectivity index (χ4n) is 1.51. The van der Waals surface area contributed by atoms with E-state index < -0.39 is 0 Å². The van der Waals surface area contributed by atoms with Crippen LogP contribution in [-0.2, 0) is 6.54 Å². The van der Waals surface area contributed by atoms with Crippen molar-refractivity contribution >= 4 is 0 Å². The van der Waals surface area contributed by atoms with Crippen molar-refractivity contribution in [1.82, 2.24) is 10.3 Å². The summed E-state index contributed by atoms with van der Waals surface area (Å²) in [6.45, 7) is 0.918. The minimum atomic E-state index is 0.678. The number of nitrogens with zero attached hydrogens (tertiary/aromatic N) is 1. The van der Waals surface area contributed by atoms with Gasteiger partial charge in [-0.3, -0.25) is 0 Å². The molecule has 3 nitrogen and oxygen atoms in total. The van der Waals surface area contributed by atoms with Gasteiger partial charge in [-0.15, -0.1) is 0 Å². The molecule has 3 heteroatoms. The summed E-state index contributed by atoms with van der Waals surface area (Å²) in [5.74, 6) is 0.678. The highest BCUT2D eigenvalue weighted by molar-refractivity contribution is 5.17. The first kappa shape index (κ1) is 9.46. The zero-order valence-electron chi connectivity index (χ0n) is 8.49. The van der Waals surface area contributed by atoms with Gasteiger partial charge in [0, 0.05) is 24.8 Å². The Kier molecular flexibility index (Phi) is 2.99. The van der Waals surface area contributed by atoms with Gasteiger partial charge in [0.2, 0.25) is 5.88 Å². The SMILES string of the molecule is COc1ccc(CNC2CCC2)cn1. The highest BCUT2D eigenvalue weighted by atomic mass is 16.5. The van der Waals surface area contributed by atoms with Gasteiger partial charge in [0.05, 0.1) is 7.11 Å². The van der Waals surface area contributed by atoms with Crippen molar-refractivity contribution in [3.8, 4) is 5.88 Å². The van der Waals surface area contributed by atoms with E-state index in [2.05, 4.69) is 16.4 Å². The van der Waals surface area contributed by atoms with E-state index in [1.165, 1.54) is 24.8 Å². The van der Waals surface area contributed by atoms with E-state index in [-0.39, 0.29) is 0 Å². The summed E-state index contributed by atoms with van der Waals surface area (Å²) in [4.78, 5) is 4.16. The van der Waals surface area contributed by atoms with Crippen molar-refractivity contribution in [3.05, 3.63) is 23.9 Å². The van der Waals surface area contributed by atoms with Gasteiger partial charge in [-0.2, -0.15) is 0 Å². The van der Waals surface area contributed by atoms with Crippen LogP contribution in [0.25, 0.3) is 0 Å². The van der Waals surface area contributed by atoms with E-state index in [1.807, 2.05) is 12.3 Å². The second-order valence-electron chi connectivity index (χ2n) is 3.72. The summed E-state index contributed by atoms with van der Waals surface area (Å²) in [5.41, 5.74) is 1.22. The van der Waals surface area contributed by atoms with Crippen molar-refractivity contribution in [2.24, 2.45) is 0 Å². The zero-order valence-corrected chi connectivity index (χ0v) is 8.49. The van der Waals surface area contributed by atoms with Crippen molar-refractivity contribution in [2.45, 2.75) is 31.8 Å². The fraction of sp³-hybridized carbons (Fsp3) is 0.545. The van der Waals surface area contributed by atoms with Crippen LogP contribution in [0.5, 0.6) is 5.88 Å². The van der Waals surface area contributed by atoms with Crippen LogP contribution in [-0.4, -0.2) is 18.1 Å². The number of rotatable bonds is 4. The molecule has 14 heavy (non-hydrogen) atoms. The zero-order chi connectivity index (χ0) is 9.80. The maximum Gasteiger partial charge on any atom is 0.212 e. The molecule has 1 aliphatic rings. The molecule has 1 aliphatic carbocycles. The van der Waals surface area contributed by atoms with Crippen LogP contribution >= 0.6 is 0 Å². The van der Waals surface area contributed by atoms with Crippen LogP contribution < -0.4 is 10.1 Å². The van der Waals surface area contributed by atoms with Gasteiger partial charge in [0.1, 0.15) is 0 Å². The summed E-state index contributed by atoms with van der Waals surface area (Å²) in [6.07, 6.45) is 5.89. The minimum Gasteiger partial charge on any atom is -0.481 e. The molecule has 1 heterocycles. The van der Waals surface area contributed by atoms with Crippen LogP contribution in [0.3, 0.4) is 0 Å². The molecule has 0 saturated heterocycles. The highest BCUT2D eigenvalue weighted by Crippen LogP contribution is 2.18. The van der Waals surface area contributed by atoms with Crippen molar-refractivity contribution < 1.29 is 4.74 Å². The van der Waals surface area contributed by atoms with Crippen molar-refractivity contribution in [3.63, 3.8) is 0 Å². The number of hydrogen-bond acceptors (Lipinski definition) is 3. The smallest absolute Gasteiger partial charge is 0.212 e.